The molecule has 0 saturated carbocycles. The first-order chi connectivity index (χ1) is 22.3. The normalized spacial score (nSPS) is 11.9. The molecule has 212 valence electrons. The monoisotopic (exact) mass is 580 g/mol. The molecule has 45 heavy (non-hydrogen) atoms. The van der Waals surface area contributed by atoms with E-state index in [0.29, 0.717) is 40.5 Å². The number of fused-ring (bicyclic) bond motifs is 5. The van der Waals surface area contributed by atoms with Crippen LogP contribution in [0, 0.1) is 0 Å². The lowest BCUT2D eigenvalue weighted by Gasteiger charge is -2.20. The highest BCUT2D eigenvalue weighted by atomic mass is 16.6. The maximum absolute atomic E-state index is 6.28. The van der Waals surface area contributed by atoms with Crippen molar-refractivity contribution in [3.05, 3.63) is 146 Å². The van der Waals surface area contributed by atoms with E-state index in [0.717, 1.165) is 44.2 Å². The van der Waals surface area contributed by atoms with Gasteiger partial charge < -0.3 is 14.0 Å². The second kappa shape index (κ2) is 10.2. The van der Waals surface area contributed by atoms with Gasteiger partial charge in [-0.2, -0.15) is 0 Å². The summed E-state index contributed by atoms with van der Waals surface area (Å²) in [5.41, 5.74) is 5.93. The molecule has 6 nitrogen and oxygen atoms in total. The Morgan fingerprint density at radius 2 is 0.867 bits per heavy atom. The van der Waals surface area contributed by atoms with E-state index >= 15 is 0 Å². The molecule has 0 spiro atoms. The lowest BCUT2D eigenvalue weighted by Crippen LogP contribution is -2.01. The summed E-state index contributed by atoms with van der Waals surface area (Å²) in [5.74, 6) is 4.71. The molecule has 3 heterocycles. The second-order valence-electron chi connectivity index (χ2n) is 10.9. The van der Waals surface area contributed by atoms with Gasteiger partial charge in [0, 0.05) is 39.2 Å². The summed E-state index contributed by atoms with van der Waals surface area (Å²) in [6, 6.07) is 48.7. The third-order valence-electron chi connectivity index (χ3n) is 8.11. The van der Waals surface area contributed by atoms with Crippen LogP contribution in [0.4, 0.5) is 0 Å². The topological polar surface area (TPSA) is 62.1 Å². The van der Waals surface area contributed by atoms with E-state index in [-0.39, 0.29) is 0 Å². The van der Waals surface area contributed by atoms with Crippen LogP contribution in [-0.2, 0) is 0 Å². The number of hydrogen-bond donors (Lipinski definition) is 0. The minimum atomic E-state index is 0.620. The molecule has 0 unspecified atom stereocenters. The molecule has 6 aromatic carbocycles. The van der Waals surface area contributed by atoms with Crippen molar-refractivity contribution in [2.75, 3.05) is 0 Å². The van der Waals surface area contributed by atoms with Crippen molar-refractivity contribution >= 4 is 21.8 Å². The maximum atomic E-state index is 6.28. The Hall–Kier alpha value is -6.27. The minimum Gasteiger partial charge on any atom is -0.449 e. The van der Waals surface area contributed by atoms with Crippen molar-refractivity contribution in [1.29, 1.82) is 0 Å². The molecule has 0 atom stereocenters. The Morgan fingerprint density at radius 1 is 0.378 bits per heavy atom. The molecule has 0 saturated heterocycles. The van der Waals surface area contributed by atoms with Crippen LogP contribution in [-0.4, -0.2) is 19.5 Å². The molecule has 6 heteroatoms. The highest BCUT2D eigenvalue weighted by molar-refractivity contribution is 6.10. The Labute approximate surface area is 258 Å². The Balaban J connectivity index is 1.17. The molecular formula is C39H24N4O2. The zero-order chi connectivity index (χ0) is 29.7. The van der Waals surface area contributed by atoms with E-state index in [2.05, 4.69) is 65.2 Å². The third-order valence-corrected chi connectivity index (χ3v) is 8.11. The van der Waals surface area contributed by atoms with Gasteiger partial charge in [0.25, 0.3) is 0 Å². The number of ether oxygens (including phenoxy) is 2. The molecule has 1 aliphatic rings. The third kappa shape index (κ3) is 4.31. The van der Waals surface area contributed by atoms with E-state index in [1.54, 1.807) is 0 Å². The van der Waals surface area contributed by atoms with Gasteiger partial charge in [-0.15, -0.1) is 0 Å². The van der Waals surface area contributed by atoms with Crippen molar-refractivity contribution < 1.29 is 9.47 Å². The fourth-order valence-electron chi connectivity index (χ4n) is 5.97. The SMILES string of the molecule is c1ccc(-c2nc(-c3ccccc3)nc(-c3ccc(-n4c5ccccc5c5cc6c(cc54)Oc4ccccc4O6)cc3)n2)cc1. The van der Waals surface area contributed by atoms with Crippen LogP contribution in [0.15, 0.2) is 146 Å². The van der Waals surface area contributed by atoms with Crippen LogP contribution in [0.2, 0.25) is 0 Å². The summed E-state index contributed by atoms with van der Waals surface area (Å²) >= 11 is 0. The molecule has 0 bridgehead atoms. The number of para-hydroxylation sites is 3. The predicted molar refractivity (Wildman–Crippen MR) is 177 cm³/mol. The smallest absolute Gasteiger partial charge is 0.172 e. The van der Waals surface area contributed by atoms with Crippen LogP contribution >= 0.6 is 0 Å². The van der Waals surface area contributed by atoms with Gasteiger partial charge in [0.05, 0.1) is 11.0 Å². The number of hydrogen-bond acceptors (Lipinski definition) is 5. The maximum Gasteiger partial charge on any atom is 0.172 e. The van der Waals surface area contributed by atoms with Gasteiger partial charge in [0.2, 0.25) is 0 Å². The Morgan fingerprint density at radius 3 is 1.47 bits per heavy atom. The number of aromatic nitrogens is 4. The summed E-state index contributed by atoms with van der Waals surface area (Å²) in [4.78, 5) is 14.6. The first-order valence-electron chi connectivity index (χ1n) is 14.8. The van der Waals surface area contributed by atoms with E-state index in [9.17, 15) is 0 Å². The molecule has 0 radical (unpaired) electrons. The molecule has 0 fully saturated rings. The van der Waals surface area contributed by atoms with Crippen molar-refractivity contribution in [3.8, 4) is 62.8 Å². The fourth-order valence-corrected chi connectivity index (χ4v) is 5.97. The van der Waals surface area contributed by atoms with Gasteiger partial charge in [0.1, 0.15) is 0 Å². The van der Waals surface area contributed by atoms with Crippen LogP contribution in [0.5, 0.6) is 23.0 Å². The van der Waals surface area contributed by atoms with Gasteiger partial charge >= 0.3 is 0 Å². The average molecular weight is 581 g/mol. The van der Waals surface area contributed by atoms with Crippen molar-refractivity contribution in [3.63, 3.8) is 0 Å². The van der Waals surface area contributed by atoms with Gasteiger partial charge in [-0.25, -0.2) is 15.0 Å². The lowest BCUT2D eigenvalue weighted by molar-refractivity contribution is 0.360. The summed E-state index contributed by atoms with van der Waals surface area (Å²) in [6.07, 6.45) is 0. The second-order valence-corrected chi connectivity index (χ2v) is 10.9. The summed E-state index contributed by atoms with van der Waals surface area (Å²) in [5, 5.41) is 2.23. The van der Waals surface area contributed by atoms with Crippen LogP contribution in [0.3, 0.4) is 0 Å². The molecule has 9 rings (SSSR count). The zero-order valence-corrected chi connectivity index (χ0v) is 24.0. The van der Waals surface area contributed by atoms with Crippen LogP contribution in [0.25, 0.3) is 61.7 Å². The van der Waals surface area contributed by atoms with Crippen LogP contribution < -0.4 is 9.47 Å². The molecule has 0 amide bonds. The van der Waals surface area contributed by atoms with E-state index in [1.807, 2.05) is 84.9 Å². The van der Waals surface area contributed by atoms with Gasteiger partial charge in [-0.05, 0) is 48.5 Å². The van der Waals surface area contributed by atoms with Gasteiger partial charge in [-0.3, -0.25) is 0 Å². The fraction of sp³-hybridized carbons (Fsp3) is 0. The van der Waals surface area contributed by atoms with E-state index in [4.69, 9.17) is 24.4 Å². The number of rotatable bonds is 4. The standard InChI is InChI=1S/C39H24N4O2/c1-3-11-25(12-4-1)37-40-38(26-13-5-2-6-14-26)42-39(41-37)27-19-21-28(22-20-27)43-31-16-8-7-15-29(31)30-23-35-36(24-32(30)43)45-34-18-10-9-17-33(34)44-35/h1-24H. The number of nitrogens with zero attached hydrogens (tertiary/aromatic N) is 4. The summed E-state index contributed by atoms with van der Waals surface area (Å²) in [7, 11) is 0. The van der Waals surface area contributed by atoms with Crippen molar-refractivity contribution in [2.45, 2.75) is 0 Å². The zero-order valence-electron chi connectivity index (χ0n) is 24.0. The predicted octanol–water partition coefficient (Wildman–Crippen LogP) is 9.87. The lowest BCUT2D eigenvalue weighted by atomic mass is 10.1. The summed E-state index contributed by atoms with van der Waals surface area (Å²) < 4.78 is 14.8. The Kier molecular flexibility index (Phi) is 5.71. The average Bonchev–Trinajstić information content (AvgIpc) is 3.43. The van der Waals surface area contributed by atoms with Gasteiger partial charge in [-0.1, -0.05) is 91.0 Å². The van der Waals surface area contributed by atoms with E-state index < -0.39 is 0 Å². The quantitative estimate of drug-likeness (QED) is 0.207. The molecule has 2 aromatic heterocycles. The van der Waals surface area contributed by atoms with Gasteiger partial charge in [0.15, 0.2) is 40.5 Å². The Bertz CT molecular complexity index is 2310. The largest absolute Gasteiger partial charge is 0.449 e. The first-order valence-corrected chi connectivity index (χ1v) is 14.8. The van der Waals surface area contributed by atoms with E-state index in [1.165, 1.54) is 0 Å². The molecule has 0 aliphatic carbocycles. The molecule has 1 aliphatic heterocycles. The minimum absolute atomic E-state index is 0.620. The molecule has 0 N–H and O–H groups in total. The van der Waals surface area contributed by atoms with Crippen molar-refractivity contribution in [1.82, 2.24) is 19.5 Å². The van der Waals surface area contributed by atoms with Crippen molar-refractivity contribution in [2.24, 2.45) is 0 Å². The molecule has 8 aromatic rings. The highest BCUT2D eigenvalue weighted by Crippen LogP contribution is 2.48. The molecular weight excluding hydrogens is 556 g/mol. The number of benzene rings is 6. The highest BCUT2D eigenvalue weighted by Gasteiger charge is 2.22. The van der Waals surface area contributed by atoms with Crippen LogP contribution in [0.1, 0.15) is 0 Å². The first kappa shape index (κ1) is 25.2. The summed E-state index contributed by atoms with van der Waals surface area (Å²) in [6.45, 7) is 0.